The number of amides is 1. The maximum atomic E-state index is 13.3. The van der Waals surface area contributed by atoms with Crippen molar-refractivity contribution in [2.75, 3.05) is 33.8 Å². The van der Waals surface area contributed by atoms with Gasteiger partial charge < -0.3 is 20.1 Å². The Morgan fingerprint density at radius 3 is 2.80 bits per heavy atom. The normalized spacial score (nSPS) is 12.2. The first-order valence-electron chi connectivity index (χ1n) is 6.40. The van der Waals surface area contributed by atoms with E-state index in [1.807, 2.05) is 0 Å². The Labute approximate surface area is 118 Å². The molecule has 0 saturated carbocycles. The lowest BCUT2D eigenvalue weighted by molar-refractivity contribution is -0.127. The van der Waals surface area contributed by atoms with Crippen molar-refractivity contribution in [1.29, 1.82) is 0 Å². The van der Waals surface area contributed by atoms with Gasteiger partial charge in [-0.25, -0.2) is 4.39 Å². The van der Waals surface area contributed by atoms with Gasteiger partial charge in [0.25, 0.3) is 0 Å². The molecular weight excluding hydrogens is 263 g/mol. The zero-order chi connectivity index (χ0) is 15.0. The lowest BCUT2D eigenvalue weighted by Crippen LogP contribution is -2.38. The van der Waals surface area contributed by atoms with Crippen LogP contribution in [0.4, 0.5) is 4.39 Å². The van der Waals surface area contributed by atoms with Crippen LogP contribution in [0.5, 0.6) is 0 Å². The third-order valence-corrected chi connectivity index (χ3v) is 2.68. The number of nitrogens with zero attached hydrogens (tertiary/aromatic N) is 1. The van der Waals surface area contributed by atoms with E-state index in [0.717, 1.165) is 0 Å². The highest BCUT2D eigenvalue weighted by Crippen LogP contribution is 2.07. The van der Waals surface area contributed by atoms with E-state index in [-0.39, 0.29) is 38.0 Å². The minimum atomic E-state index is -0.739. The van der Waals surface area contributed by atoms with E-state index in [1.54, 1.807) is 32.3 Å². The standard InChI is InChI=1S/C14H21FN2O3/c1-17(2)14(19)8-16-7-12(18)10-20-9-11-5-3-4-6-13(11)15/h3-6,12,16,18H,7-10H2,1-2H3. The molecule has 0 saturated heterocycles. The molecule has 1 rings (SSSR count). The molecule has 2 N–H and O–H groups in total. The molecule has 112 valence electrons. The van der Waals surface area contributed by atoms with E-state index in [4.69, 9.17) is 4.74 Å². The average Bonchev–Trinajstić information content (AvgIpc) is 2.40. The van der Waals surface area contributed by atoms with E-state index >= 15 is 0 Å². The number of aliphatic hydroxyl groups is 1. The maximum absolute atomic E-state index is 13.3. The highest BCUT2D eigenvalue weighted by molar-refractivity contribution is 5.77. The number of likely N-dealkylation sites (N-methyl/N-ethyl adjacent to an activating group) is 1. The van der Waals surface area contributed by atoms with E-state index < -0.39 is 6.10 Å². The Balaban J connectivity index is 2.16. The topological polar surface area (TPSA) is 61.8 Å². The fraction of sp³-hybridized carbons (Fsp3) is 0.500. The Bertz CT molecular complexity index is 427. The van der Waals surface area contributed by atoms with E-state index in [1.165, 1.54) is 11.0 Å². The third kappa shape index (κ3) is 6.10. The minimum Gasteiger partial charge on any atom is -0.389 e. The van der Waals surface area contributed by atoms with Crippen molar-refractivity contribution in [3.8, 4) is 0 Å². The van der Waals surface area contributed by atoms with Crippen LogP contribution in [-0.4, -0.2) is 55.8 Å². The first-order valence-corrected chi connectivity index (χ1v) is 6.40. The largest absolute Gasteiger partial charge is 0.389 e. The first-order chi connectivity index (χ1) is 9.50. The van der Waals surface area contributed by atoms with Crippen molar-refractivity contribution in [2.45, 2.75) is 12.7 Å². The molecule has 1 aromatic carbocycles. The van der Waals surface area contributed by atoms with Gasteiger partial charge in [0, 0.05) is 26.2 Å². The predicted octanol–water partition coefficient (Wildman–Crippen LogP) is 0.381. The molecule has 0 aliphatic heterocycles. The summed E-state index contributed by atoms with van der Waals surface area (Å²) in [7, 11) is 3.33. The third-order valence-electron chi connectivity index (χ3n) is 2.68. The van der Waals surface area contributed by atoms with E-state index in [0.29, 0.717) is 5.56 Å². The molecule has 0 heterocycles. The molecule has 0 aliphatic rings. The van der Waals surface area contributed by atoms with Gasteiger partial charge >= 0.3 is 0 Å². The van der Waals surface area contributed by atoms with Crippen LogP contribution in [0, 0.1) is 5.82 Å². The lowest BCUT2D eigenvalue weighted by atomic mass is 10.2. The van der Waals surface area contributed by atoms with Crippen LogP contribution < -0.4 is 5.32 Å². The number of carbonyl (C=O) groups is 1. The van der Waals surface area contributed by atoms with Crippen molar-refractivity contribution in [1.82, 2.24) is 10.2 Å². The SMILES string of the molecule is CN(C)C(=O)CNCC(O)COCc1ccccc1F. The quantitative estimate of drug-likeness (QED) is 0.724. The number of benzene rings is 1. The lowest BCUT2D eigenvalue weighted by Gasteiger charge is -2.14. The number of ether oxygens (including phenoxy) is 1. The molecule has 0 aromatic heterocycles. The van der Waals surface area contributed by atoms with E-state index in [9.17, 15) is 14.3 Å². The number of aliphatic hydroxyl groups excluding tert-OH is 1. The number of halogens is 1. The molecule has 0 fully saturated rings. The Kier molecular flexibility index (Phi) is 7.14. The van der Waals surface area contributed by atoms with Crippen molar-refractivity contribution >= 4 is 5.91 Å². The zero-order valence-electron chi connectivity index (χ0n) is 11.8. The van der Waals surface area contributed by atoms with Crippen LogP contribution in [-0.2, 0) is 16.1 Å². The highest BCUT2D eigenvalue weighted by Gasteiger charge is 2.08. The van der Waals surface area contributed by atoms with Gasteiger partial charge in [-0.15, -0.1) is 0 Å². The molecular formula is C14H21FN2O3. The Morgan fingerprint density at radius 1 is 1.45 bits per heavy atom. The van der Waals surface area contributed by atoms with Crippen LogP contribution in [0.1, 0.15) is 5.56 Å². The number of hydrogen-bond donors (Lipinski definition) is 2. The van der Waals surface area contributed by atoms with Crippen LogP contribution in [0.2, 0.25) is 0 Å². The van der Waals surface area contributed by atoms with Gasteiger partial charge in [-0.3, -0.25) is 4.79 Å². The fourth-order valence-corrected chi connectivity index (χ4v) is 1.48. The van der Waals surface area contributed by atoms with Crippen LogP contribution >= 0.6 is 0 Å². The molecule has 0 radical (unpaired) electrons. The summed E-state index contributed by atoms with van der Waals surface area (Å²) in [4.78, 5) is 12.7. The number of rotatable bonds is 8. The smallest absolute Gasteiger partial charge is 0.236 e. The summed E-state index contributed by atoms with van der Waals surface area (Å²) in [6.45, 7) is 0.603. The van der Waals surface area contributed by atoms with Crippen molar-refractivity contribution in [2.24, 2.45) is 0 Å². The van der Waals surface area contributed by atoms with Crippen molar-refractivity contribution in [3.05, 3.63) is 35.6 Å². The molecule has 1 aromatic rings. The first kappa shape index (κ1) is 16.6. The summed E-state index contributed by atoms with van der Waals surface area (Å²) >= 11 is 0. The molecule has 20 heavy (non-hydrogen) atoms. The summed E-state index contributed by atoms with van der Waals surface area (Å²) in [6.07, 6.45) is -0.739. The van der Waals surface area contributed by atoms with Gasteiger partial charge in [-0.1, -0.05) is 18.2 Å². The van der Waals surface area contributed by atoms with Gasteiger partial charge in [0.15, 0.2) is 0 Å². The molecule has 0 aliphatic carbocycles. The molecule has 6 heteroatoms. The minimum absolute atomic E-state index is 0.0653. The number of nitrogens with one attached hydrogen (secondary N) is 1. The summed E-state index contributed by atoms with van der Waals surface area (Å²) < 4.78 is 18.5. The fourth-order valence-electron chi connectivity index (χ4n) is 1.48. The van der Waals surface area contributed by atoms with Crippen LogP contribution in [0.3, 0.4) is 0 Å². The Hall–Kier alpha value is -1.50. The molecule has 5 nitrogen and oxygen atoms in total. The van der Waals surface area contributed by atoms with E-state index in [2.05, 4.69) is 5.32 Å². The molecule has 1 unspecified atom stereocenters. The van der Waals surface area contributed by atoms with Crippen molar-refractivity contribution in [3.63, 3.8) is 0 Å². The van der Waals surface area contributed by atoms with Gasteiger partial charge in [0.2, 0.25) is 5.91 Å². The van der Waals surface area contributed by atoms with Crippen LogP contribution in [0.15, 0.2) is 24.3 Å². The Morgan fingerprint density at radius 2 is 2.15 bits per heavy atom. The monoisotopic (exact) mass is 284 g/mol. The molecule has 1 atom stereocenters. The average molecular weight is 284 g/mol. The second-order valence-electron chi connectivity index (χ2n) is 4.68. The molecule has 1 amide bonds. The predicted molar refractivity (Wildman–Crippen MR) is 73.6 cm³/mol. The van der Waals surface area contributed by atoms with Gasteiger partial charge in [0.05, 0.1) is 25.9 Å². The second kappa shape index (κ2) is 8.63. The van der Waals surface area contributed by atoms with Crippen molar-refractivity contribution < 1.29 is 19.0 Å². The van der Waals surface area contributed by atoms with Crippen LogP contribution in [0.25, 0.3) is 0 Å². The second-order valence-corrected chi connectivity index (χ2v) is 4.68. The summed E-state index contributed by atoms with van der Waals surface area (Å²) in [5.41, 5.74) is 0.454. The number of carbonyl (C=O) groups excluding carboxylic acids is 1. The summed E-state index contributed by atoms with van der Waals surface area (Å²) in [6, 6.07) is 6.34. The number of hydrogen-bond acceptors (Lipinski definition) is 4. The maximum Gasteiger partial charge on any atom is 0.236 e. The van der Waals surface area contributed by atoms with Gasteiger partial charge in [0.1, 0.15) is 5.82 Å². The summed E-state index contributed by atoms with van der Waals surface area (Å²) in [5.74, 6) is -0.388. The molecule has 0 spiro atoms. The highest BCUT2D eigenvalue weighted by atomic mass is 19.1. The van der Waals surface area contributed by atoms with Gasteiger partial charge in [-0.05, 0) is 6.07 Å². The summed E-state index contributed by atoms with van der Waals surface area (Å²) in [5, 5.41) is 12.5. The zero-order valence-corrected chi connectivity index (χ0v) is 11.8. The molecule has 0 bridgehead atoms. The van der Waals surface area contributed by atoms with Gasteiger partial charge in [-0.2, -0.15) is 0 Å².